The summed E-state index contributed by atoms with van der Waals surface area (Å²) in [5.74, 6) is 0. The molecule has 0 atom stereocenters. The van der Waals surface area contributed by atoms with E-state index in [1.165, 1.54) is 6.42 Å². The Labute approximate surface area is 165 Å². The third kappa shape index (κ3) is 6.01. The van der Waals surface area contributed by atoms with E-state index in [-0.39, 0.29) is 12.1 Å². The van der Waals surface area contributed by atoms with Gasteiger partial charge < -0.3 is 15.4 Å². The van der Waals surface area contributed by atoms with Crippen molar-refractivity contribution in [3.63, 3.8) is 0 Å². The van der Waals surface area contributed by atoms with E-state index in [0.29, 0.717) is 13.1 Å². The Morgan fingerprint density at radius 3 is 2.25 bits per heavy atom. The van der Waals surface area contributed by atoms with Crippen LogP contribution >= 0.6 is 0 Å². The topological polar surface area (TPSA) is 70.7 Å². The molecule has 0 unspecified atom stereocenters. The zero-order valence-corrected chi connectivity index (χ0v) is 16.0. The van der Waals surface area contributed by atoms with Crippen molar-refractivity contribution in [3.8, 4) is 0 Å². The number of anilines is 2. The van der Waals surface area contributed by atoms with E-state index < -0.39 is 6.09 Å². The molecule has 2 aromatic carbocycles. The number of para-hydroxylation sites is 2. The number of urea groups is 1. The van der Waals surface area contributed by atoms with E-state index in [0.717, 1.165) is 37.1 Å². The second-order valence-corrected chi connectivity index (χ2v) is 6.88. The van der Waals surface area contributed by atoms with Gasteiger partial charge in [-0.15, -0.1) is 0 Å². The Hall–Kier alpha value is -3.02. The highest BCUT2D eigenvalue weighted by molar-refractivity contribution is 6.01. The van der Waals surface area contributed by atoms with E-state index in [1.807, 2.05) is 60.7 Å². The van der Waals surface area contributed by atoms with Crippen molar-refractivity contribution in [2.45, 2.75) is 38.2 Å². The van der Waals surface area contributed by atoms with Gasteiger partial charge in [0.05, 0.1) is 0 Å². The summed E-state index contributed by atoms with van der Waals surface area (Å²) in [6.45, 7) is 0.644. The van der Waals surface area contributed by atoms with Gasteiger partial charge in [0.25, 0.3) is 0 Å². The molecule has 1 aliphatic carbocycles. The summed E-state index contributed by atoms with van der Waals surface area (Å²) in [4.78, 5) is 26.4. The van der Waals surface area contributed by atoms with Gasteiger partial charge in [-0.1, -0.05) is 42.8 Å². The number of amides is 3. The van der Waals surface area contributed by atoms with Crippen LogP contribution in [-0.4, -0.2) is 31.3 Å². The average Bonchev–Trinajstić information content (AvgIpc) is 2.73. The first-order valence-electron chi connectivity index (χ1n) is 9.85. The van der Waals surface area contributed by atoms with Crippen molar-refractivity contribution in [2.24, 2.45) is 0 Å². The highest BCUT2D eigenvalue weighted by Gasteiger charge is 2.19. The van der Waals surface area contributed by atoms with Crippen LogP contribution in [-0.2, 0) is 4.74 Å². The van der Waals surface area contributed by atoms with Crippen LogP contribution in [0.15, 0.2) is 60.7 Å². The predicted molar refractivity (Wildman–Crippen MR) is 111 cm³/mol. The fourth-order valence-electron chi connectivity index (χ4n) is 3.31. The maximum atomic E-state index is 12.8. The fourth-order valence-corrected chi connectivity index (χ4v) is 3.31. The Balaban J connectivity index is 1.55. The molecule has 148 valence electrons. The largest absolute Gasteiger partial charge is 0.446 e. The highest BCUT2D eigenvalue weighted by atomic mass is 16.6. The van der Waals surface area contributed by atoms with Gasteiger partial charge in [-0.25, -0.2) is 9.59 Å². The minimum Gasteiger partial charge on any atom is -0.446 e. The Kier molecular flexibility index (Phi) is 7.29. The van der Waals surface area contributed by atoms with Crippen LogP contribution in [0.4, 0.5) is 21.0 Å². The zero-order valence-electron chi connectivity index (χ0n) is 16.0. The standard InChI is InChI=1S/C22H27N3O3/c26-21(24-18-10-4-1-5-11-18)25(19-12-6-2-7-13-19)17-16-23-22(27)28-20-14-8-3-9-15-20/h1-2,4-7,10-13,20H,3,8-9,14-17H2,(H,23,27)(H,24,26). The lowest BCUT2D eigenvalue weighted by atomic mass is 9.98. The molecule has 0 aromatic heterocycles. The predicted octanol–water partition coefficient (Wildman–Crippen LogP) is 4.78. The molecule has 2 N–H and O–H groups in total. The summed E-state index contributed by atoms with van der Waals surface area (Å²) in [6, 6.07) is 18.4. The van der Waals surface area contributed by atoms with Crippen LogP contribution in [0, 0.1) is 0 Å². The van der Waals surface area contributed by atoms with Crippen LogP contribution in [0.25, 0.3) is 0 Å². The number of carbonyl (C=O) groups excluding carboxylic acids is 2. The number of alkyl carbamates (subject to hydrolysis) is 1. The Morgan fingerprint density at radius 1 is 0.929 bits per heavy atom. The van der Waals surface area contributed by atoms with Crippen LogP contribution in [0.1, 0.15) is 32.1 Å². The first-order chi connectivity index (χ1) is 13.7. The van der Waals surface area contributed by atoms with E-state index in [1.54, 1.807) is 4.90 Å². The number of hydrogen-bond acceptors (Lipinski definition) is 3. The maximum absolute atomic E-state index is 12.8. The molecular weight excluding hydrogens is 354 g/mol. The lowest BCUT2D eigenvalue weighted by molar-refractivity contribution is 0.0756. The van der Waals surface area contributed by atoms with Crippen LogP contribution in [0.2, 0.25) is 0 Å². The number of hydrogen-bond donors (Lipinski definition) is 2. The summed E-state index contributed by atoms with van der Waals surface area (Å²) >= 11 is 0. The highest BCUT2D eigenvalue weighted by Crippen LogP contribution is 2.20. The molecule has 0 radical (unpaired) electrons. The molecule has 0 heterocycles. The van der Waals surface area contributed by atoms with E-state index in [2.05, 4.69) is 10.6 Å². The molecule has 1 fully saturated rings. The van der Waals surface area contributed by atoms with Gasteiger partial charge >= 0.3 is 12.1 Å². The number of ether oxygens (including phenoxy) is 1. The molecule has 2 aromatic rings. The van der Waals surface area contributed by atoms with Gasteiger partial charge in [-0.05, 0) is 49.9 Å². The van der Waals surface area contributed by atoms with Crippen LogP contribution in [0.5, 0.6) is 0 Å². The summed E-state index contributed by atoms with van der Waals surface area (Å²) in [7, 11) is 0. The van der Waals surface area contributed by atoms with E-state index in [9.17, 15) is 9.59 Å². The lowest BCUT2D eigenvalue weighted by Crippen LogP contribution is -2.41. The quantitative estimate of drug-likeness (QED) is 0.756. The number of carbonyl (C=O) groups is 2. The fraction of sp³-hybridized carbons (Fsp3) is 0.364. The van der Waals surface area contributed by atoms with Crippen molar-refractivity contribution in [1.29, 1.82) is 0 Å². The molecule has 0 bridgehead atoms. The molecule has 28 heavy (non-hydrogen) atoms. The van der Waals surface area contributed by atoms with Crippen molar-refractivity contribution in [3.05, 3.63) is 60.7 Å². The number of rotatable bonds is 6. The number of benzene rings is 2. The minimum absolute atomic E-state index is 0.0142. The van der Waals surface area contributed by atoms with Gasteiger partial charge in [0, 0.05) is 24.5 Å². The van der Waals surface area contributed by atoms with Crippen LogP contribution in [0.3, 0.4) is 0 Å². The van der Waals surface area contributed by atoms with Crippen molar-refractivity contribution >= 4 is 23.5 Å². The number of nitrogens with one attached hydrogen (secondary N) is 2. The molecule has 6 heteroatoms. The molecule has 3 rings (SSSR count). The second-order valence-electron chi connectivity index (χ2n) is 6.88. The maximum Gasteiger partial charge on any atom is 0.407 e. The molecule has 6 nitrogen and oxygen atoms in total. The van der Waals surface area contributed by atoms with Gasteiger partial charge in [0.15, 0.2) is 0 Å². The molecule has 0 saturated heterocycles. The van der Waals surface area contributed by atoms with Gasteiger partial charge in [0.2, 0.25) is 0 Å². The van der Waals surface area contributed by atoms with Crippen LogP contribution < -0.4 is 15.5 Å². The van der Waals surface area contributed by atoms with E-state index >= 15 is 0 Å². The zero-order chi connectivity index (χ0) is 19.6. The second kappa shape index (κ2) is 10.3. The smallest absolute Gasteiger partial charge is 0.407 e. The molecule has 3 amide bonds. The third-order valence-electron chi connectivity index (χ3n) is 4.77. The molecule has 0 spiro atoms. The van der Waals surface area contributed by atoms with Crippen molar-refractivity contribution in [1.82, 2.24) is 5.32 Å². The lowest BCUT2D eigenvalue weighted by Gasteiger charge is -2.24. The first-order valence-corrected chi connectivity index (χ1v) is 9.85. The summed E-state index contributed by atoms with van der Waals surface area (Å²) in [5.41, 5.74) is 1.48. The summed E-state index contributed by atoms with van der Waals surface area (Å²) < 4.78 is 5.47. The van der Waals surface area contributed by atoms with Gasteiger partial charge in [-0.3, -0.25) is 4.90 Å². The van der Waals surface area contributed by atoms with Crippen molar-refractivity contribution < 1.29 is 14.3 Å². The van der Waals surface area contributed by atoms with E-state index in [4.69, 9.17) is 4.74 Å². The van der Waals surface area contributed by atoms with Gasteiger partial charge in [0.1, 0.15) is 6.10 Å². The molecule has 1 aliphatic rings. The first kappa shape index (κ1) is 19.7. The molecular formula is C22H27N3O3. The SMILES string of the molecule is O=C(NCCN(C(=O)Nc1ccccc1)c1ccccc1)OC1CCCCC1. The number of nitrogens with zero attached hydrogens (tertiary/aromatic N) is 1. The van der Waals surface area contributed by atoms with Crippen molar-refractivity contribution in [2.75, 3.05) is 23.3 Å². The summed E-state index contributed by atoms with van der Waals surface area (Å²) in [6.07, 6.45) is 4.90. The third-order valence-corrected chi connectivity index (χ3v) is 4.77. The Morgan fingerprint density at radius 2 is 1.57 bits per heavy atom. The normalized spacial score (nSPS) is 14.1. The minimum atomic E-state index is -0.414. The summed E-state index contributed by atoms with van der Waals surface area (Å²) in [5, 5.41) is 5.65. The van der Waals surface area contributed by atoms with Gasteiger partial charge in [-0.2, -0.15) is 0 Å². The average molecular weight is 381 g/mol. The monoisotopic (exact) mass is 381 g/mol. The molecule has 1 saturated carbocycles. The Bertz CT molecular complexity index is 746. The molecule has 0 aliphatic heterocycles.